The van der Waals surface area contributed by atoms with Crippen molar-refractivity contribution in [2.24, 2.45) is 5.14 Å². The summed E-state index contributed by atoms with van der Waals surface area (Å²) in [7, 11) is -3.62. The highest BCUT2D eigenvalue weighted by atomic mass is 79.9. The summed E-state index contributed by atoms with van der Waals surface area (Å²) in [6, 6.07) is 3.36. The van der Waals surface area contributed by atoms with Crippen LogP contribution < -0.4 is 9.86 Å². The zero-order valence-electron chi connectivity index (χ0n) is 5.24. The predicted molar refractivity (Wildman–Crippen MR) is 48.7 cm³/mol. The van der Waals surface area contributed by atoms with Crippen LogP contribution in [0.4, 0.5) is 5.00 Å². The molecule has 0 atom stereocenters. The number of halogens is 1. The van der Waals surface area contributed by atoms with Crippen molar-refractivity contribution in [3.8, 4) is 0 Å². The number of nitrogens with two attached hydrogens (primary N) is 1. The van der Waals surface area contributed by atoms with Gasteiger partial charge in [0.15, 0.2) is 0 Å². The van der Waals surface area contributed by atoms with Crippen LogP contribution in [-0.4, -0.2) is 8.42 Å². The van der Waals surface area contributed by atoms with E-state index in [9.17, 15) is 8.42 Å². The minimum Gasteiger partial charge on any atom is -0.262 e. The molecule has 7 heteroatoms. The first-order valence-corrected chi connectivity index (χ1v) is 5.69. The second kappa shape index (κ2) is 3.10. The van der Waals surface area contributed by atoms with Gasteiger partial charge < -0.3 is 0 Å². The Balaban J connectivity index is 2.81. The van der Waals surface area contributed by atoms with Crippen molar-refractivity contribution in [2.45, 2.75) is 0 Å². The van der Waals surface area contributed by atoms with Crippen molar-refractivity contribution < 1.29 is 8.42 Å². The Morgan fingerprint density at radius 1 is 1.55 bits per heavy atom. The molecule has 0 bridgehead atoms. The molecule has 0 amide bonds. The molecule has 0 radical (unpaired) electrons. The Morgan fingerprint density at radius 3 is 2.55 bits per heavy atom. The average molecular weight is 257 g/mol. The molecule has 0 aliphatic carbocycles. The smallest absolute Gasteiger partial charge is 0.262 e. The van der Waals surface area contributed by atoms with Crippen LogP contribution in [0.25, 0.3) is 0 Å². The fourth-order valence-corrected chi connectivity index (χ4v) is 2.51. The van der Waals surface area contributed by atoms with Crippen LogP contribution in [0.2, 0.25) is 0 Å². The fraction of sp³-hybridized carbons (Fsp3) is 0. The highest BCUT2D eigenvalue weighted by Crippen LogP contribution is 2.26. The standard InChI is InChI=1S/C4H5BrN2O2S2/c5-3-1-2-4(10-3)7-11(6,8)9/h1-2,7H,(H2,6,8,9). The lowest BCUT2D eigenvalue weighted by Gasteiger charge is -1.96. The van der Waals surface area contributed by atoms with Crippen LogP contribution in [0.15, 0.2) is 15.9 Å². The number of rotatable bonds is 2. The molecule has 0 saturated carbocycles. The topological polar surface area (TPSA) is 72.2 Å². The van der Waals surface area contributed by atoms with Crippen molar-refractivity contribution in [3.63, 3.8) is 0 Å². The van der Waals surface area contributed by atoms with E-state index in [1.807, 2.05) is 0 Å². The number of nitrogens with one attached hydrogen (secondary N) is 1. The van der Waals surface area contributed by atoms with E-state index >= 15 is 0 Å². The third-order valence-corrected chi connectivity index (χ3v) is 2.99. The van der Waals surface area contributed by atoms with Gasteiger partial charge >= 0.3 is 0 Å². The monoisotopic (exact) mass is 256 g/mol. The zero-order chi connectivity index (χ0) is 8.48. The van der Waals surface area contributed by atoms with Crippen molar-refractivity contribution in [3.05, 3.63) is 15.9 Å². The fourth-order valence-electron chi connectivity index (χ4n) is 0.509. The minimum absolute atomic E-state index is 0.499. The Hall–Kier alpha value is -0.110. The molecular weight excluding hydrogens is 252 g/mol. The van der Waals surface area contributed by atoms with Crippen molar-refractivity contribution in [1.82, 2.24) is 0 Å². The predicted octanol–water partition coefficient (Wildman–Crippen LogP) is 1.13. The Morgan fingerprint density at radius 2 is 2.18 bits per heavy atom. The largest absolute Gasteiger partial charge is 0.297 e. The molecule has 0 saturated heterocycles. The van der Waals surface area contributed by atoms with Gasteiger partial charge in [0.25, 0.3) is 10.2 Å². The zero-order valence-corrected chi connectivity index (χ0v) is 8.46. The number of hydrogen-bond acceptors (Lipinski definition) is 3. The van der Waals surface area contributed by atoms with Gasteiger partial charge in [-0.2, -0.15) is 8.42 Å². The van der Waals surface area contributed by atoms with Crippen LogP contribution in [0, 0.1) is 0 Å². The van der Waals surface area contributed by atoms with E-state index < -0.39 is 10.2 Å². The first kappa shape index (κ1) is 8.98. The Labute approximate surface area is 76.7 Å². The second-order valence-electron chi connectivity index (χ2n) is 1.75. The van der Waals surface area contributed by atoms with Crippen molar-refractivity contribution in [2.75, 3.05) is 4.72 Å². The third-order valence-electron chi connectivity index (χ3n) is 0.816. The summed E-state index contributed by atoms with van der Waals surface area (Å²) in [4.78, 5) is 0. The Bertz CT molecular complexity index is 345. The van der Waals surface area contributed by atoms with Crippen molar-refractivity contribution >= 4 is 42.5 Å². The first-order valence-electron chi connectivity index (χ1n) is 2.53. The number of anilines is 1. The SMILES string of the molecule is NS(=O)(=O)Nc1ccc(Br)s1. The van der Waals surface area contributed by atoms with Crippen LogP contribution >= 0.6 is 27.3 Å². The lowest BCUT2D eigenvalue weighted by molar-refractivity contribution is 0.603. The average Bonchev–Trinajstić information content (AvgIpc) is 2.10. The van der Waals surface area contributed by atoms with Gasteiger partial charge in [0.1, 0.15) is 5.00 Å². The molecule has 0 aromatic carbocycles. The van der Waals surface area contributed by atoms with Crippen LogP contribution in [0.5, 0.6) is 0 Å². The molecule has 0 unspecified atom stereocenters. The molecule has 1 aromatic heterocycles. The molecule has 3 N–H and O–H groups in total. The third kappa shape index (κ3) is 3.19. The van der Waals surface area contributed by atoms with Gasteiger partial charge in [0.05, 0.1) is 3.79 Å². The molecule has 1 aromatic rings. The van der Waals surface area contributed by atoms with E-state index in [2.05, 4.69) is 20.7 Å². The molecular formula is C4H5BrN2O2S2. The van der Waals surface area contributed by atoms with Crippen LogP contribution in [0.1, 0.15) is 0 Å². The summed E-state index contributed by atoms with van der Waals surface area (Å²) in [5.74, 6) is 0. The highest BCUT2D eigenvalue weighted by Gasteiger charge is 2.03. The second-order valence-corrected chi connectivity index (χ2v) is 5.51. The van der Waals surface area contributed by atoms with E-state index in [1.165, 1.54) is 11.3 Å². The molecule has 0 spiro atoms. The van der Waals surface area contributed by atoms with Gasteiger partial charge in [-0.3, -0.25) is 4.72 Å². The van der Waals surface area contributed by atoms with E-state index in [4.69, 9.17) is 5.14 Å². The van der Waals surface area contributed by atoms with Gasteiger partial charge in [0.2, 0.25) is 0 Å². The quantitative estimate of drug-likeness (QED) is 0.833. The van der Waals surface area contributed by atoms with Gasteiger partial charge in [0, 0.05) is 0 Å². The van der Waals surface area contributed by atoms with Crippen LogP contribution in [0.3, 0.4) is 0 Å². The summed E-state index contributed by atoms with van der Waals surface area (Å²) in [5.41, 5.74) is 0. The molecule has 0 fully saturated rings. The maximum Gasteiger partial charge on any atom is 0.297 e. The van der Waals surface area contributed by atoms with E-state index in [-0.39, 0.29) is 0 Å². The maximum absolute atomic E-state index is 10.5. The lowest BCUT2D eigenvalue weighted by Crippen LogP contribution is -2.20. The number of thiophene rings is 1. The number of hydrogen-bond donors (Lipinski definition) is 2. The molecule has 11 heavy (non-hydrogen) atoms. The molecule has 4 nitrogen and oxygen atoms in total. The molecule has 0 aliphatic rings. The Kier molecular flexibility index (Phi) is 2.53. The van der Waals surface area contributed by atoms with Gasteiger partial charge in [-0.15, -0.1) is 11.3 Å². The summed E-state index contributed by atoms with van der Waals surface area (Å²) in [6.07, 6.45) is 0. The molecule has 62 valence electrons. The van der Waals surface area contributed by atoms with Crippen molar-refractivity contribution in [1.29, 1.82) is 0 Å². The first-order chi connectivity index (χ1) is 4.97. The molecule has 1 heterocycles. The normalized spacial score (nSPS) is 11.5. The van der Waals surface area contributed by atoms with E-state index in [0.717, 1.165) is 3.79 Å². The van der Waals surface area contributed by atoms with Crippen LogP contribution in [-0.2, 0) is 10.2 Å². The van der Waals surface area contributed by atoms with Gasteiger partial charge in [-0.25, -0.2) is 5.14 Å². The highest BCUT2D eigenvalue weighted by molar-refractivity contribution is 9.11. The summed E-state index contributed by atoms with van der Waals surface area (Å²) >= 11 is 4.44. The summed E-state index contributed by atoms with van der Waals surface area (Å²) in [5, 5.41) is 5.23. The summed E-state index contributed by atoms with van der Waals surface area (Å²) in [6.45, 7) is 0. The maximum atomic E-state index is 10.5. The van der Waals surface area contributed by atoms with Gasteiger partial charge in [-0.05, 0) is 28.1 Å². The van der Waals surface area contributed by atoms with Gasteiger partial charge in [-0.1, -0.05) is 0 Å². The molecule has 1 rings (SSSR count). The van der Waals surface area contributed by atoms with E-state index in [0.29, 0.717) is 5.00 Å². The minimum atomic E-state index is -3.62. The van der Waals surface area contributed by atoms with E-state index in [1.54, 1.807) is 12.1 Å². The summed E-state index contributed by atoms with van der Waals surface area (Å²) < 4.78 is 23.9. The lowest BCUT2D eigenvalue weighted by atomic mass is 10.6. The molecule has 0 aliphatic heterocycles.